The molecule has 1 rings (SSSR count). The molecule has 0 aliphatic carbocycles. The Kier molecular flexibility index (Phi) is 11.3. The van der Waals surface area contributed by atoms with Crippen molar-refractivity contribution in [3.63, 3.8) is 0 Å². The van der Waals surface area contributed by atoms with Crippen molar-refractivity contribution in [2.45, 2.75) is 32.7 Å². The minimum absolute atomic E-state index is 0. The molecule has 4 N–H and O–H groups in total. The SMILES string of the molecule is CCOC(=O)C(CNC(=O)CNC(=O)[C@@H](N)C(C)C)c1ccccc1.Cl. The van der Waals surface area contributed by atoms with Crippen LogP contribution in [0.25, 0.3) is 0 Å². The van der Waals surface area contributed by atoms with Gasteiger partial charge in [-0.3, -0.25) is 14.4 Å². The molecule has 0 bridgehead atoms. The Bertz CT molecular complexity index is 581. The first-order valence-corrected chi connectivity index (χ1v) is 8.38. The number of hydrogen-bond donors (Lipinski definition) is 3. The van der Waals surface area contributed by atoms with E-state index in [0.717, 1.165) is 5.56 Å². The van der Waals surface area contributed by atoms with Gasteiger partial charge in [0.1, 0.15) is 0 Å². The summed E-state index contributed by atoms with van der Waals surface area (Å²) in [5.74, 6) is -1.79. The van der Waals surface area contributed by atoms with E-state index < -0.39 is 23.8 Å². The van der Waals surface area contributed by atoms with Crippen molar-refractivity contribution in [2.24, 2.45) is 11.7 Å². The fourth-order valence-electron chi connectivity index (χ4n) is 2.13. The molecule has 7 nitrogen and oxygen atoms in total. The molecule has 0 spiro atoms. The highest BCUT2D eigenvalue weighted by atomic mass is 35.5. The average molecular weight is 386 g/mol. The minimum Gasteiger partial charge on any atom is -0.465 e. The fourth-order valence-corrected chi connectivity index (χ4v) is 2.13. The number of carbonyl (C=O) groups excluding carboxylic acids is 3. The van der Waals surface area contributed by atoms with Gasteiger partial charge in [0.05, 0.1) is 25.1 Å². The summed E-state index contributed by atoms with van der Waals surface area (Å²) in [6.45, 7) is 5.55. The standard InChI is InChI=1S/C18H27N3O4.ClH/c1-4-25-18(24)14(13-8-6-5-7-9-13)10-20-15(22)11-21-17(23)16(19)12(2)3;/h5-9,12,14,16H,4,10-11,19H2,1-3H3,(H,20,22)(H,21,23);1H/t14?,16-;/m0./s1. The number of esters is 1. The molecule has 1 aromatic rings. The van der Waals surface area contributed by atoms with Crippen molar-refractivity contribution in [3.05, 3.63) is 35.9 Å². The van der Waals surface area contributed by atoms with E-state index in [1.165, 1.54) is 0 Å². The molecule has 0 heterocycles. The van der Waals surface area contributed by atoms with E-state index in [0.29, 0.717) is 0 Å². The van der Waals surface area contributed by atoms with Gasteiger partial charge in [-0.25, -0.2) is 0 Å². The van der Waals surface area contributed by atoms with Gasteiger partial charge in [0, 0.05) is 6.54 Å². The topological polar surface area (TPSA) is 111 Å². The van der Waals surface area contributed by atoms with E-state index in [1.807, 2.05) is 32.0 Å². The molecule has 1 aromatic carbocycles. The second kappa shape index (κ2) is 12.3. The summed E-state index contributed by atoms with van der Waals surface area (Å²) in [5.41, 5.74) is 6.47. The molecular formula is C18H28ClN3O4. The maximum atomic E-state index is 12.1. The maximum absolute atomic E-state index is 12.1. The summed E-state index contributed by atoms with van der Waals surface area (Å²) < 4.78 is 5.07. The quantitative estimate of drug-likeness (QED) is 0.548. The molecule has 0 radical (unpaired) electrons. The third kappa shape index (κ3) is 7.84. The Morgan fingerprint density at radius 1 is 1.12 bits per heavy atom. The molecule has 2 atom stereocenters. The smallest absolute Gasteiger partial charge is 0.315 e. The molecule has 1 unspecified atom stereocenters. The summed E-state index contributed by atoms with van der Waals surface area (Å²) in [6.07, 6.45) is 0. The fraction of sp³-hybridized carbons (Fsp3) is 0.500. The Morgan fingerprint density at radius 2 is 1.73 bits per heavy atom. The molecule has 0 aliphatic rings. The minimum atomic E-state index is -0.663. The van der Waals surface area contributed by atoms with Crippen LogP contribution in [0.5, 0.6) is 0 Å². The summed E-state index contributed by atoms with van der Waals surface area (Å²) in [4.78, 5) is 35.8. The Hall–Kier alpha value is -2.12. The van der Waals surface area contributed by atoms with Gasteiger partial charge in [-0.2, -0.15) is 0 Å². The van der Waals surface area contributed by atoms with E-state index in [2.05, 4.69) is 10.6 Å². The van der Waals surface area contributed by atoms with Crippen LogP contribution < -0.4 is 16.4 Å². The predicted octanol–water partition coefficient (Wildman–Crippen LogP) is 0.971. The number of hydrogen-bond acceptors (Lipinski definition) is 5. The van der Waals surface area contributed by atoms with Crippen LogP contribution in [0.15, 0.2) is 30.3 Å². The third-order valence-electron chi connectivity index (χ3n) is 3.72. The van der Waals surface area contributed by atoms with E-state index in [4.69, 9.17) is 10.5 Å². The van der Waals surface area contributed by atoms with E-state index in [9.17, 15) is 14.4 Å². The normalized spacial score (nSPS) is 12.5. The van der Waals surface area contributed by atoms with Crippen molar-refractivity contribution in [2.75, 3.05) is 19.7 Å². The Labute approximate surface area is 160 Å². The Balaban J connectivity index is 0.00000625. The summed E-state index contributed by atoms with van der Waals surface area (Å²) >= 11 is 0. The van der Waals surface area contributed by atoms with Crippen molar-refractivity contribution in [3.8, 4) is 0 Å². The van der Waals surface area contributed by atoms with Crippen molar-refractivity contribution in [1.29, 1.82) is 0 Å². The van der Waals surface area contributed by atoms with Gasteiger partial charge in [0.15, 0.2) is 0 Å². The van der Waals surface area contributed by atoms with Crippen molar-refractivity contribution >= 4 is 30.2 Å². The van der Waals surface area contributed by atoms with E-state index in [1.54, 1.807) is 19.1 Å². The van der Waals surface area contributed by atoms with E-state index in [-0.39, 0.29) is 43.9 Å². The van der Waals surface area contributed by atoms with Gasteiger partial charge in [-0.15, -0.1) is 12.4 Å². The first kappa shape index (κ1) is 23.9. The molecule has 0 saturated carbocycles. The lowest BCUT2D eigenvalue weighted by atomic mass is 9.99. The van der Waals surface area contributed by atoms with E-state index >= 15 is 0 Å². The lowest BCUT2D eigenvalue weighted by molar-refractivity contribution is -0.145. The second-order valence-corrected chi connectivity index (χ2v) is 6.01. The van der Waals surface area contributed by atoms with Crippen LogP contribution in [-0.4, -0.2) is 43.5 Å². The van der Waals surface area contributed by atoms with Crippen molar-refractivity contribution < 1.29 is 19.1 Å². The van der Waals surface area contributed by atoms with Gasteiger partial charge in [0.25, 0.3) is 0 Å². The first-order valence-electron chi connectivity index (χ1n) is 8.38. The van der Waals surface area contributed by atoms with Crippen LogP contribution in [0, 0.1) is 5.92 Å². The largest absolute Gasteiger partial charge is 0.465 e. The molecule has 2 amide bonds. The highest BCUT2D eigenvalue weighted by Crippen LogP contribution is 2.16. The third-order valence-corrected chi connectivity index (χ3v) is 3.72. The number of rotatable bonds is 9. The van der Waals surface area contributed by atoms with Gasteiger partial charge in [-0.1, -0.05) is 44.2 Å². The molecule has 0 aliphatic heterocycles. The number of carbonyl (C=O) groups is 3. The molecule has 8 heteroatoms. The average Bonchev–Trinajstić information content (AvgIpc) is 2.60. The highest BCUT2D eigenvalue weighted by molar-refractivity contribution is 5.88. The molecule has 26 heavy (non-hydrogen) atoms. The van der Waals surface area contributed by atoms with Crippen LogP contribution in [0.3, 0.4) is 0 Å². The number of amides is 2. The lowest BCUT2D eigenvalue weighted by Gasteiger charge is -2.18. The summed E-state index contributed by atoms with van der Waals surface area (Å²) in [7, 11) is 0. The van der Waals surface area contributed by atoms with Gasteiger partial charge in [0.2, 0.25) is 11.8 Å². The second-order valence-electron chi connectivity index (χ2n) is 6.01. The van der Waals surface area contributed by atoms with Crippen LogP contribution in [0.4, 0.5) is 0 Å². The van der Waals surface area contributed by atoms with Crippen molar-refractivity contribution in [1.82, 2.24) is 10.6 Å². The Morgan fingerprint density at radius 3 is 2.27 bits per heavy atom. The zero-order chi connectivity index (χ0) is 18.8. The van der Waals surface area contributed by atoms with Crippen LogP contribution in [-0.2, 0) is 19.1 Å². The van der Waals surface area contributed by atoms with Gasteiger partial charge >= 0.3 is 5.97 Å². The molecule has 0 aromatic heterocycles. The number of ether oxygens (including phenoxy) is 1. The highest BCUT2D eigenvalue weighted by Gasteiger charge is 2.23. The number of benzene rings is 1. The van der Waals surface area contributed by atoms with Crippen LogP contribution >= 0.6 is 12.4 Å². The molecule has 0 fully saturated rings. The summed E-state index contributed by atoms with van der Waals surface area (Å²) in [6, 6.07) is 8.42. The zero-order valence-corrected chi connectivity index (χ0v) is 16.2. The predicted molar refractivity (Wildman–Crippen MR) is 102 cm³/mol. The molecule has 0 saturated heterocycles. The zero-order valence-electron chi connectivity index (χ0n) is 15.4. The first-order chi connectivity index (χ1) is 11.9. The lowest BCUT2D eigenvalue weighted by Crippen LogP contribution is -2.47. The van der Waals surface area contributed by atoms with Crippen LogP contribution in [0.1, 0.15) is 32.3 Å². The van der Waals surface area contributed by atoms with Gasteiger partial charge < -0.3 is 21.1 Å². The number of halogens is 1. The number of nitrogens with two attached hydrogens (primary N) is 1. The van der Waals surface area contributed by atoms with Gasteiger partial charge in [-0.05, 0) is 18.4 Å². The summed E-state index contributed by atoms with van der Waals surface area (Å²) in [5, 5.41) is 5.14. The monoisotopic (exact) mass is 385 g/mol. The molecule has 146 valence electrons. The van der Waals surface area contributed by atoms with Crippen LogP contribution in [0.2, 0.25) is 0 Å². The maximum Gasteiger partial charge on any atom is 0.315 e. The molecular weight excluding hydrogens is 358 g/mol. The number of nitrogens with one attached hydrogen (secondary N) is 2.